The number of carbonyl (C=O) groups is 1. The third-order valence-corrected chi connectivity index (χ3v) is 3.63. The van der Waals surface area contributed by atoms with E-state index in [-0.39, 0.29) is 11.3 Å². The summed E-state index contributed by atoms with van der Waals surface area (Å²) < 4.78 is 14.0. The first kappa shape index (κ1) is 14.0. The molecular weight excluding hydrogens is 381 g/mol. The number of hydrogen-bond donors (Lipinski definition) is 2. The molecule has 0 bridgehead atoms. The van der Waals surface area contributed by atoms with Gasteiger partial charge in [-0.15, -0.1) is 0 Å². The number of nitrogens with zero attached hydrogens (tertiary/aromatic N) is 1. The maximum absolute atomic E-state index is 13.2. The van der Waals surface area contributed by atoms with E-state index in [1.165, 1.54) is 6.07 Å². The van der Waals surface area contributed by atoms with Gasteiger partial charge in [0.15, 0.2) is 0 Å². The molecule has 1 aromatic carbocycles. The molecule has 1 heterocycles. The maximum Gasteiger partial charge on any atom is 0.256 e. The van der Waals surface area contributed by atoms with E-state index in [0.717, 1.165) is 6.07 Å². The summed E-state index contributed by atoms with van der Waals surface area (Å²) >= 11 is 6.35. The fourth-order valence-corrected chi connectivity index (χ4v) is 2.25. The Morgan fingerprint density at radius 2 is 2.11 bits per heavy atom. The Morgan fingerprint density at radius 1 is 1.37 bits per heavy atom. The van der Waals surface area contributed by atoms with Crippen molar-refractivity contribution in [3.8, 4) is 0 Å². The van der Waals surface area contributed by atoms with Crippen molar-refractivity contribution in [3.63, 3.8) is 0 Å². The SMILES string of the molecule is Nc1cc(C(=O)Nc2cccnc2Br)c(Br)cc1F. The highest BCUT2D eigenvalue weighted by molar-refractivity contribution is 9.10. The average Bonchev–Trinajstić information content (AvgIpc) is 2.36. The Bertz CT molecular complexity index is 649. The zero-order valence-electron chi connectivity index (χ0n) is 9.45. The van der Waals surface area contributed by atoms with E-state index in [1.807, 2.05) is 0 Å². The number of nitrogens with one attached hydrogen (secondary N) is 1. The first-order valence-electron chi connectivity index (χ1n) is 5.15. The van der Waals surface area contributed by atoms with Crippen molar-refractivity contribution in [1.82, 2.24) is 4.98 Å². The van der Waals surface area contributed by atoms with E-state index in [0.29, 0.717) is 14.8 Å². The number of amides is 1. The van der Waals surface area contributed by atoms with Crippen LogP contribution in [0.15, 0.2) is 39.5 Å². The number of hydrogen-bond acceptors (Lipinski definition) is 3. The van der Waals surface area contributed by atoms with Gasteiger partial charge in [-0.25, -0.2) is 9.37 Å². The zero-order chi connectivity index (χ0) is 14.0. The van der Waals surface area contributed by atoms with E-state index in [4.69, 9.17) is 5.73 Å². The topological polar surface area (TPSA) is 68.0 Å². The Hall–Kier alpha value is -1.47. The molecule has 1 amide bonds. The molecule has 2 rings (SSSR count). The Balaban J connectivity index is 2.31. The summed E-state index contributed by atoms with van der Waals surface area (Å²) in [5, 5.41) is 2.66. The monoisotopic (exact) mass is 387 g/mol. The normalized spacial score (nSPS) is 10.3. The van der Waals surface area contributed by atoms with E-state index >= 15 is 0 Å². The van der Waals surface area contributed by atoms with Gasteiger partial charge < -0.3 is 11.1 Å². The molecule has 98 valence electrons. The van der Waals surface area contributed by atoms with E-state index in [1.54, 1.807) is 18.3 Å². The Morgan fingerprint density at radius 3 is 2.79 bits per heavy atom. The second kappa shape index (κ2) is 5.66. The van der Waals surface area contributed by atoms with Crippen molar-refractivity contribution in [2.24, 2.45) is 0 Å². The van der Waals surface area contributed by atoms with Gasteiger partial charge in [-0.1, -0.05) is 0 Å². The summed E-state index contributed by atoms with van der Waals surface area (Å²) in [7, 11) is 0. The van der Waals surface area contributed by atoms with E-state index in [2.05, 4.69) is 42.2 Å². The van der Waals surface area contributed by atoms with Crippen LogP contribution in [0.2, 0.25) is 0 Å². The number of anilines is 2. The first-order valence-corrected chi connectivity index (χ1v) is 6.74. The summed E-state index contributed by atoms with van der Waals surface area (Å²) in [5.41, 5.74) is 6.13. The van der Waals surface area contributed by atoms with Crippen LogP contribution in [0.4, 0.5) is 15.8 Å². The molecule has 1 aromatic heterocycles. The predicted octanol–water partition coefficient (Wildman–Crippen LogP) is 3.58. The summed E-state index contributed by atoms with van der Waals surface area (Å²) in [5.74, 6) is -0.988. The molecule has 0 aliphatic carbocycles. The van der Waals surface area contributed by atoms with Gasteiger partial charge >= 0.3 is 0 Å². The highest BCUT2D eigenvalue weighted by Gasteiger charge is 2.14. The lowest BCUT2D eigenvalue weighted by molar-refractivity contribution is 0.102. The van der Waals surface area contributed by atoms with Gasteiger partial charge in [0.25, 0.3) is 5.91 Å². The van der Waals surface area contributed by atoms with Gasteiger partial charge in [0.1, 0.15) is 10.4 Å². The largest absolute Gasteiger partial charge is 0.396 e. The van der Waals surface area contributed by atoms with Crippen molar-refractivity contribution in [2.75, 3.05) is 11.1 Å². The third-order valence-electron chi connectivity index (χ3n) is 2.34. The molecule has 3 N–H and O–H groups in total. The van der Waals surface area contributed by atoms with Crippen LogP contribution in [0.25, 0.3) is 0 Å². The van der Waals surface area contributed by atoms with E-state index in [9.17, 15) is 9.18 Å². The minimum atomic E-state index is -0.578. The summed E-state index contributed by atoms with van der Waals surface area (Å²) in [6, 6.07) is 5.81. The number of pyridine rings is 1. The Kier molecular flexibility index (Phi) is 4.16. The van der Waals surface area contributed by atoms with Crippen molar-refractivity contribution in [2.45, 2.75) is 0 Å². The molecule has 0 atom stereocenters. The average molecular weight is 389 g/mol. The number of nitrogens with two attached hydrogens (primary N) is 1. The van der Waals surface area contributed by atoms with Crippen LogP contribution >= 0.6 is 31.9 Å². The summed E-state index contributed by atoms with van der Waals surface area (Å²) in [6.45, 7) is 0. The van der Waals surface area contributed by atoms with Crippen LogP contribution in [0, 0.1) is 5.82 Å². The van der Waals surface area contributed by atoms with Crippen molar-refractivity contribution < 1.29 is 9.18 Å². The highest BCUT2D eigenvalue weighted by Crippen LogP contribution is 2.25. The standard InChI is InChI=1S/C12H8Br2FN3O/c13-7-5-8(15)9(16)4-6(7)12(19)18-10-2-1-3-17-11(10)14/h1-5H,16H2,(H,18,19). The number of carbonyl (C=O) groups excluding carboxylic acids is 1. The molecule has 0 saturated heterocycles. The molecule has 0 unspecified atom stereocenters. The second-order valence-corrected chi connectivity index (χ2v) is 5.25. The number of halogens is 3. The van der Waals surface area contributed by atoms with Gasteiger partial charge in [-0.05, 0) is 56.1 Å². The molecule has 2 aromatic rings. The van der Waals surface area contributed by atoms with Crippen molar-refractivity contribution >= 4 is 49.1 Å². The molecule has 0 aliphatic rings. The zero-order valence-corrected chi connectivity index (χ0v) is 12.6. The molecule has 0 radical (unpaired) electrons. The first-order chi connectivity index (χ1) is 8.99. The Labute approximate surface area is 125 Å². The quantitative estimate of drug-likeness (QED) is 0.610. The maximum atomic E-state index is 13.2. The van der Waals surface area contributed by atoms with Crippen molar-refractivity contribution in [3.05, 3.63) is 50.9 Å². The lowest BCUT2D eigenvalue weighted by Gasteiger charge is -2.09. The molecular formula is C12H8Br2FN3O. The second-order valence-electron chi connectivity index (χ2n) is 3.65. The van der Waals surface area contributed by atoms with Crippen LogP contribution in [-0.4, -0.2) is 10.9 Å². The van der Waals surface area contributed by atoms with Crippen LogP contribution < -0.4 is 11.1 Å². The molecule has 0 aliphatic heterocycles. The number of aromatic nitrogens is 1. The molecule has 0 saturated carbocycles. The lowest BCUT2D eigenvalue weighted by Crippen LogP contribution is -2.14. The predicted molar refractivity (Wildman–Crippen MR) is 78.4 cm³/mol. The molecule has 19 heavy (non-hydrogen) atoms. The highest BCUT2D eigenvalue weighted by atomic mass is 79.9. The van der Waals surface area contributed by atoms with Crippen LogP contribution in [-0.2, 0) is 0 Å². The fraction of sp³-hybridized carbons (Fsp3) is 0. The van der Waals surface area contributed by atoms with Gasteiger partial charge in [-0.3, -0.25) is 4.79 Å². The molecule has 0 fully saturated rings. The van der Waals surface area contributed by atoms with Gasteiger partial charge in [0.2, 0.25) is 0 Å². The van der Waals surface area contributed by atoms with Gasteiger partial charge in [-0.2, -0.15) is 0 Å². The van der Waals surface area contributed by atoms with E-state index < -0.39 is 11.7 Å². The van der Waals surface area contributed by atoms with Gasteiger partial charge in [0, 0.05) is 10.7 Å². The van der Waals surface area contributed by atoms with Crippen molar-refractivity contribution in [1.29, 1.82) is 0 Å². The van der Waals surface area contributed by atoms with Crippen LogP contribution in [0.3, 0.4) is 0 Å². The number of benzene rings is 1. The molecule has 4 nitrogen and oxygen atoms in total. The van der Waals surface area contributed by atoms with Crippen LogP contribution in [0.1, 0.15) is 10.4 Å². The fourth-order valence-electron chi connectivity index (χ4n) is 1.41. The smallest absolute Gasteiger partial charge is 0.256 e. The minimum Gasteiger partial charge on any atom is -0.396 e. The van der Waals surface area contributed by atoms with Crippen LogP contribution in [0.5, 0.6) is 0 Å². The third kappa shape index (κ3) is 3.10. The minimum absolute atomic E-state index is 0.0846. The molecule has 0 spiro atoms. The summed E-state index contributed by atoms with van der Waals surface area (Å²) in [4.78, 5) is 16.1. The number of rotatable bonds is 2. The van der Waals surface area contributed by atoms with Gasteiger partial charge in [0.05, 0.1) is 16.9 Å². The molecule has 7 heteroatoms. The lowest BCUT2D eigenvalue weighted by atomic mass is 10.2. The summed E-state index contributed by atoms with van der Waals surface area (Å²) in [6.07, 6.45) is 1.59. The number of nitrogen functional groups attached to an aromatic ring is 1.